The molecule has 1 nitrogen and oxygen atoms in total. The molecule has 0 saturated carbocycles. The lowest BCUT2D eigenvalue weighted by atomic mass is 10.1. The summed E-state index contributed by atoms with van der Waals surface area (Å²) in [6.45, 7) is 4.09. The average molecular weight is 361 g/mol. The van der Waals surface area contributed by atoms with Crippen LogP contribution in [0.5, 0.6) is 0 Å². The van der Waals surface area contributed by atoms with E-state index < -0.39 is 0 Å². The lowest BCUT2D eigenvalue weighted by Crippen LogP contribution is -1.99. The fourth-order valence-electron chi connectivity index (χ4n) is 2.47. The number of thioether (sulfide) groups is 1. The molecule has 3 rings (SSSR count). The van der Waals surface area contributed by atoms with Crippen LogP contribution in [0.25, 0.3) is 10.1 Å². The molecule has 0 aliphatic rings. The van der Waals surface area contributed by atoms with Crippen LogP contribution >= 0.6 is 34.7 Å². The number of hydrogen-bond donors (Lipinski definition) is 0. The SMILES string of the molecule is Cc1ccc(SCCC(=O)c2sc3ccc(Cl)cc3c2C)cc1. The molecule has 3 aromatic rings. The number of halogens is 1. The van der Waals surface area contributed by atoms with Crippen molar-refractivity contribution in [2.75, 3.05) is 5.75 Å². The van der Waals surface area contributed by atoms with Gasteiger partial charge in [-0.25, -0.2) is 0 Å². The highest BCUT2D eigenvalue weighted by Crippen LogP contribution is 2.33. The average Bonchev–Trinajstić information content (AvgIpc) is 2.86. The molecule has 0 unspecified atom stereocenters. The number of hydrogen-bond acceptors (Lipinski definition) is 3. The van der Waals surface area contributed by atoms with Crippen LogP contribution in [-0.2, 0) is 0 Å². The Morgan fingerprint density at radius 1 is 1.13 bits per heavy atom. The van der Waals surface area contributed by atoms with Crippen molar-refractivity contribution in [2.24, 2.45) is 0 Å². The highest BCUT2D eigenvalue weighted by atomic mass is 35.5. The Morgan fingerprint density at radius 2 is 1.87 bits per heavy atom. The molecule has 0 aliphatic carbocycles. The molecule has 0 saturated heterocycles. The predicted octanol–water partition coefficient (Wildman–Crippen LogP) is 6.54. The molecule has 0 amide bonds. The third kappa shape index (κ3) is 3.79. The van der Waals surface area contributed by atoms with Gasteiger partial charge in [0.05, 0.1) is 4.88 Å². The molecule has 0 bridgehead atoms. The molecule has 0 spiro atoms. The number of rotatable bonds is 5. The minimum Gasteiger partial charge on any atom is -0.293 e. The van der Waals surface area contributed by atoms with E-state index in [1.807, 2.05) is 25.1 Å². The van der Waals surface area contributed by atoms with E-state index in [0.29, 0.717) is 11.4 Å². The standard InChI is InChI=1S/C19H17ClOS2/c1-12-3-6-15(7-4-12)22-10-9-17(21)19-13(2)16-11-14(20)5-8-18(16)23-19/h3-8,11H,9-10H2,1-2H3. The molecule has 118 valence electrons. The molecule has 0 aliphatic heterocycles. The first kappa shape index (κ1) is 16.6. The van der Waals surface area contributed by atoms with Gasteiger partial charge >= 0.3 is 0 Å². The van der Waals surface area contributed by atoms with E-state index in [-0.39, 0.29) is 5.78 Å². The van der Waals surface area contributed by atoms with Gasteiger partial charge in [0.15, 0.2) is 5.78 Å². The summed E-state index contributed by atoms with van der Waals surface area (Å²) in [6.07, 6.45) is 0.555. The Balaban J connectivity index is 1.68. The van der Waals surface area contributed by atoms with Gasteiger partial charge in [0.1, 0.15) is 0 Å². The van der Waals surface area contributed by atoms with E-state index in [1.54, 1.807) is 23.1 Å². The van der Waals surface area contributed by atoms with Gasteiger partial charge in [-0.05, 0) is 55.1 Å². The van der Waals surface area contributed by atoms with Crippen molar-refractivity contribution in [3.05, 3.63) is 63.5 Å². The quantitative estimate of drug-likeness (QED) is 0.379. The van der Waals surface area contributed by atoms with Crippen molar-refractivity contribution in [3.63, 3.8) is 0 Å². The summed E-state index contributed by atoms with van der Waals surface area (Å²) >= 11 is 9.36. The molecular formula is C19H17ClOS2. The van der Waals surface area contributed by atoms with Gasteiger partial charge in [0, 0.05) is 26.8 Å². The van der Waals surface area contributed by atoms with E-state index in [1.165, 1.54) is 10.5 Å². The Morgan fingerprint density at radius 3 is 2.61 bits per heavy atom. The van der Waals surface area contributed by atoms with Crippen LogP contribution in [-0.4, -0.2) is 11.5 Å². The number of ketones is 1. The minimum absolute atomic E-state index is 0.222. The Labute approximate surface area is 149 Å². The first-order valence-corrected chi connectivity index (χ1v) is 9.64. The lowest BCUT2D eigenvalue weighted by molar-refractivity contribution is 0.0993. The number of Topliss-reactive ketones (excluding diaryl/α,β-unsaturated/α-hetero) is 1. The maximum Gasteiger partial charge on any atom is 0.173 e. The molecule has 0 atom stereocenters. The summed E-state index contributed by atoms with van der Waals surface area (Å²) in [4.78, 5) is 14.6. The highest BCUT2D eigenvalue weighted by molar-refractivity contribution is 7.99. The monoisotopic (exact) mass is 360 g/mol. The van der Waals surface area contributed by atoms with Crippen molar-refractivity contribution in [3.8, 4) is 0 Å². The molecule has 0 N–H and O–H groups in total. The second-order valence-electron chi connectivity index (χ2n) is 5.53. The summed E-state index contributed by atoms with van der Waals surface area (Å²) in [6, 6.07) is 14.2. The number of carbonyl (C=O) groups excluding carboxylic acids is 1. The number of fused-ring (bicyclic) bond motifs is 1. The number of thiophene rings is 1. The third-order valence-electron chi connectivity index (χ3n) is 3.77. The molecular weight excluding hydrogens is 344 g/mol. The maximum atomic E-state index is 12.5. The molecule has 0 radical (unpaired) electrons. The van der Waals surface area contributed by atoms with E-state index in [2.05, 4.69) is 31.2 Å². The Hall–Kier alpha value is -1.29. The van der Waals surface area contributed by atoms with E-state index in [4.69, 9.17) is 11.6 Å². The largest absolute Gasteiger partial charge is 0.293 e. The second-order valence-corrected chi connectivity index (χ2v) is 8.19. The number of aryl methyl sites for hydroxylation is 2. The van der Waals surface area contributed by atoms with E-state index in [0.717, 1.165) is 26.3 Å². The van der Waals surface area contributed by atoms with Gasteiger partial charge in [0.25, 0.3) is 0 Å². The first-order valence-electron chi connectivity index (χ1n) is 7.46. The second kappa shape index (κ2) is 7.08. The lowest BCUT2D eigenvalue weighted by Gasteiger charge is -2.02. The summed E-state index contributed by atoms with van der Waals surface area (Å²) in [5.74, 6) is 1.02. The topological polar surface area (TPSA) is 17.1 Å². The number of carbonyl (C=O) groups is 1. The van der Waals surface area contributed by atoms with Gasteiger partial charge in [-0.3, -0.25) is 4.79 Å². The van der Waals surface area contributed by atoms with Crippen LogP contribution < -0.4 is 0 Å². The predicted molar refractivity (Wildman–Crippen MR) is 102 cm³/mol. The van der Waals surface area contributed by atoms with Crippen molar-refractivity contribution >= 4 is 50.6 Å². The van der Waals surface area contributed by atoms with Gasteiger partial charge in [0.2, 0.25) is 0 Å². The molecule has 0 fully saturated rings. The van der Waals surface area contributed by atoms with Crippen molar-refractivity contribution < 1.29 is 4.79 Å². The zero-order valence-electron chi connectivity index (χ0n) is 13.1. The molecule has 1 heterocycles. The van der Waals surface area contributed by atoms with Gasteiger partial charge in [-0.1, -0.05) is 29.3 Å². The first-order chi connectivity index (χ1) is 11.0. The maximum absolute atomic E-state index is 12.5. The fourth-order valence-corrected chi connectivity index (χ4v) is 4.65. The Bertz CT molecular complexity index is 850. The molecule has 2 aromatic carbocycles. The summed E-state index contributed by atoms with van der Waals surface area (Å²) < 4.78 is 1.13. The zero-order valence-corrected chi connectivity index (χ0v) is 15.4. The van der Waals surface area contributed by atoms with Crippen LogP contribution in [0.3, 0.4) is 0 Å². The summed E-state index contributed by atoms with van der Waals surface area (Å²) in [7, 11) is 0. The highest BCUT2D eigenvalue weighted by Gasteiger charge is 2.15. The van der Waals surface area contributed by atoms with Crippen molar-refractivity contribution in [1.82, 2.24) is 0 Å². The Kier molecular flexibility index (Phi) is 5.10. The smallest absolute Gasteiger partial charge is 0.173 e. The van der Waals surface area contributed by atoms with Crippen LogP contribution in [0.2, 0.25) is 5.02 Å². The van der Waals surface area contributed by atoms with Crippen LogP contribution in [0.1, 0.15) is 27.2 Å². The van der Waals surface area contributed by atoms with Crippen LogP contribution in [0.15, 0.2) is 47.4 Å². The van der Waals surface area contributed by atoms with Crippen LogP contribution in [0, 0.1) is 13.8 Å². The molecule has 4 heteroatoms. The van der Waals surface area contributed by atoms with E-state index >= 15 is 0 Å². The van der Waals surface area contributed by atoms with Gasteiger partial charge in [-0.15, -0.1) is 23.1 Å². The fraction of sp³-hybridized carbons (Fsp3) is 0.211. The van der Waals surface area contributed by atoms with Crippen LogP contribution in [0.4, 0.5) is 0 Å². The van der Waals surface area contributed by atoms with Gasteiger partial charge < -0.3 is 0 Å². The minimum atomic E-state index is 0.222. The third-order valence-corrected chi connectivity index (χ3v) is 6.33. The number of benzene rings is 2. The summed E-state index contributed by atoms with van der Waals surface area (Å²) in [5, 5.41) is 1.81. The zero-order chi connectivity index (χ0) is 16.4. The summed E-state index contributed by atoms with van der Waals surface area (Å²) in [5.41, 5.74) is 2.31. The van der Waals surface area contributed by atoms with E-state index in [9.17, 15) is 4.79 Å². The molecule has 23 heavy (non-hydrogen) atoms. The van der Waals surface area contributed by atoms with Crippen molar-refractivity contribution in [2.45, 2.75) is 25.2 Å². The van der Waals surface area contributed by atoms with Gasteiger partial charge in [-0.2, -0.15) is 0 Å². The van der Waals surface area contributed by atoms with Crippen molar-refractivity contribution in [1.29, 1.82) is 0 Å². The normalized spacial score (nSPS) is 11.1. The molecule has 1 aromatic heterocycles.